The Morgan fingerprint density at radius 3 is 0.746 bits per heavy atom. The van der Waals surface area contributed by atoms with Gasteiger partial charge in [0.15, 0.2) is 6.10 Å². The van der Waals surface area contributed by atoms with E-state index in [1.54, 1.807) is 0 Å². The molecule has 0 rings (SSSR count). The average molecular weight is 944 g/mol. The summed E-state index contributed by atoms with van der Waals surface area (Å²) in [4.78, 5) is 38.0. The minimum atomic E-state index is -0.767. The van der Waals surface area contributed by atoms with Crippen molar-refractivity contribution in [3.63, 3.8) is 0 Å². The molecule has 0 fully saturated rings. The van der Waals surface area contributed by atoms with Crippen molar-refractivity contribution in [3.05, 3.63) is 24.3 Å². The molecule has 394 valence electrons. The standard InChI is InChI=1S/C61H114O6/c1-4-7-10-13-16-18-20-22-24-26-28-29-30-31-33-34-36-38-40-42-45-48-51-54-60(63)66-57-58(56-65-59(62)53-50-47-44-15-12-9-6-3)67-61(64)55-52-49-46-43-41-39-37-35-32-27-25-23-21-19-17-14-11-8-5-2/h23,25-26,28,58H,4-22,24,27,29-57H2,1-3H3/b25-23-,28-26-. The molecule has 0 aliphatic carbocycles. The van der Waals surface area contributed by atoms with Crippen LogP contribution in [-0.4, -0.2) is 37.2 Å². The molecule has 0 N–H and O–H groups in total. The van der Waals surface area contributed by atoms with E-state index >= 15 is 0 Å². The highest BCUT2D eigenvalue weighted by Crippen LogP contribution is 2.17. The van der Waals surface area contributed by atoms with E-state index in [2.05, 4.69) is 45.1 Å². The smallest absolute Gasteiger partial charge is 0.306 e. The maximum absolute atomic E-state index is 12.8. The first-order valence-electron chi connectivity index (χ1n) is 29.8. The first kappa shape index (κ1) is 64.9. The summed E-state index contributed by atoms with van der Waals surface area (Å²) in [6.07, 6.45) is 66.3. The average Bonchev–Trinajstić information content (AvgIpc) is 3.33. The quantitative estimate of drug-likeness (QED) is 0.0262. The van der Waals surface area contributed by atoms with Crippen LogP contribution < -0.4 is 0 Å². The molecule has 0 aromatic carbocycles. The zero-order valence-electron chi connectivity index (χ0n) is 45.2. The van der Waals surface area contributed by atoms with Gasteiger partial charge in [-0.3, -0.25) is 14.4 Å². The van der Waals surface area contributed by atoms with Crippen LogP contribution in [0.2, 0.25) is 0 Å². The maximum atomic E-state index is 12.8. The van der Waals surface area contributed by atoms with Crippen molar-refractivity contribution in [2.24, 2.45) is 0 Å². The minimum absolute atomic E-state index is 0.0686. The van der Waals surface area contributed by atoms with Gasteiger partial charge in [-0.2, -0.15) is 0 Å². The Labute approximate surface area is 417 Å². The zero-order chi connectivity index (χ0) is 48.6. The summed E-state index contributed by atoms with van der Waals surface area (Å²) in [6, 6.07) is 0. The molecule has 0 aromatic heterocycles. The second kappa shape index (κ2) is 56.5. The Balaban J connectivity index is 4.13. The Hall–Kier alpha value is -2.11. The highest BCUT2D eigenvalue weighted by atomic mass is 16.6. The van der Waals surface area contributed by atoms with Crippen molar-refractivity contribution >= 4 is 17.9 Å². The summed E-state index contributed by atoms with van der Waals surface area (Å²) in [6.45, 7) is 6.64. The minimum Gasteiger partial charge on any atom is -0.462 e. The van der Waals surface area contributed by atoms with E-state index < -0.39 is 6.10 Å². The molecule has 1 unspecified atom stereocenters. The molecule has 0 saturated carbocycles. The van der Waals surface area contributed by atoms with Crippen molar-refractivity contribution in [2.75, 3.05) is 13.2 Å². The third-order valence-corrected chi connectivity index (χ3v) is 13.4. The van der Waals surface area contributed by atoms with Gasteiger partial charge in [0.25, 0.3) is 0 Å². The third-order valence-electron chi connectivity index (χ3n) is 13.4. The predicted molar refractivity (Wildman–Crippen MR) is 289 cm³/mol. The van der Waals surface area contributed by atoms with Crippen LogP contribution in [0.3, 0.4) is 0 Å². The molecule has 0 aliphatic heterocycles. The number of allylic oxidation sites excluding steroid dienone is 4. The van der Waals surface area contributed by atoms with Crippen LogP contribution in [0.4, 0.5) is 0 Å². The lowest BCUT2D eigenvalue weighted by molar-refractivity contribution is -0.167. The van der Waals surface area contributed by atoms with E-state index in [4.69, 9.17) is 14.2 Å². The maximum Gasteiger partial charge on any atom is 0.306 e. The van der Waals surface area contributed by atoms with E-state index in [0.717, 1.165) is 57.8 Å². The third kappa shape index (κ3) is 54.7. The van der Waals surface area contributed by atoms with E-state index in [1.807, 2.05) is 0 Å². The summed E-state index contributed by atoms with van der Waals surface area (Å²) in [7, 11) is 0. The van der Waals surface area contributed by atoms with Gasteiger partial charge in [-0.05, 0) is 70.6 Å². The fourth-order valence-electron chi connectivity index (χ4n) is 8.91. The van der Waals surface area contributed by atoms with Gasteiger partial charge in [-0.15, -0.1) is 0 Å². The fourth-order valence-corrected chi connectivity index (χ4v) is 8.91. The molecule has 6 nitrogen and oxygen atoms in total. The van der Waals surface area contributed by atoms with Crippen molar-refractivity contribution in [1.29, 1.82) is 0 Å². The molecule has 0 spiro atoms. The van der Waals surface area contributed by atoms with Gasteiger partial charge in [0.2, 0.25) is 0 Å². The Morgan fingerprint density at radius 2 is 0.493 bits per heavy atom. The lowest BCUT2D eigenvalue weighted by Crippen LogP contribution is -2.30. The van der Waals surface area contributed by atoms with Crippen LogP contribution in [0.15, 0.2) is 24.3 Å². The van der Waals surface area contributed by atoms with Crippen LogP contribution >= 0.6 is 0 Å². The van der Waals surface area contributed by atoms with E-state index in [9.17, 15) is 14.4 Å². The number of ether oxygens (including phenoxy) is 3. The second-order valence-corrected chi connectivity index (χ2v) is 20.3. The molecular weight excluding hydrogens is 829 g/mol. The molecule has 0 aromatic rings. The normalized spacial score (nSPS) is 12.1. The molecule has 0 bridgehead atoms. The van der Waals surface area contributed by atoms with E-state index in [1.165, 1.54) is 231 Å². The molecule has 6 heteroatoms. The number of esters is 3. The van der Waals surface area contributed by atoms with Gasteiger partial charge in [-0.1, -0.05) is 263 Å². The van der Waals surface area contributed by atoms with Gasteiger partial charge < -0.3 is 14.2 Å². The second-order valence-electron chi connectivity index (χ2n) is 20.3. The predicted octanol–water partition coefficient (Wildman–Crippen LogP) is 19.9. The lowest BCUT2D eigenvalue weighted by atomic mass is 10.0. The van der Waals surface area contributed by atoms with Crippen molar-refractivity contribution in [3.8, 4) is 0 Å². The van der Waals surface area contributed by atoms with Gasteiger partial charge in [0.1, 0.15) is 13.2 Å². The molecule has 67 heavy (non-hydrogen) atoms. The number of carbonyl (C=O) groups is 3. The molecule has 0 aliphatic rings. The highest BCUT2D eigenvalue weighted by Gasteiger charge is 2.19. The summed E-state index contributed by atoms with van der Waals surface area (Å²) in [5.74, 6) is -0.859. The molecule has 0 saturated heterocycles. The fraction of sp³-hybridized carbons (Fsp3) is 0.885. The van der Waals surface area contributed by atoms with Crippen molar-refractivity contribution in [1.82, 2.24) is 0 Å². The molecule has 0 amide bonds. The number of carbonyl (C=O) groups excluding carboxylic acids is 3. The zero-order valence-corrected chi connectivity index (χ0v) is 45.2. The first-order valence-corrected chi connectivity index (χ1v) is 29.8. The van der Waals surface area contributed by atoms with Crippen molar-refractivity contribution < 1.29 is 28.6 Å². The topological polar surface area (TPSA) is 78.9 Å². The van der Waals surface area contributed by atoms with E-state index in [-0.39, 0.29) is 31.1 Å². The lowest BCUT2D eigenvalue weighted by Gasteiger charge is -2.18. The molecule has 0 radical (unpaired) electrons. The van der Waals surface area contributed by atoms with E-state index in [0.29, 0.717) is 19.3 Å². The molecular formula is C61H114O6. The van der Waals surface area contributed by atoms with Gasteiger partial charge in [-0.25, -0.2) is 0 Å². The van der Waals surface area contributed by atoms with Gasteiger partial charge in [0.05, 0.1) is 0 Å². The van der Waals surface area contributed by atoms with Crippen molar-refractivity contribution in [2.45, 2.75) is 335 Å². The van der Waals surface area contributed by atoms with Crippen LogP contribution in [0.5, 0.6) is 0 Å². The summed E-state index contributed by atoms with van der Waals surface area (Å²) in [5.41, 5.74) is 0. The largest absolute Gasteiger partial charge is 0.462 e. The Morgan fingerprint density at radius 1 is 0.284 bits per heavy atom. The molecule has 0 heterocycles. The highest BCUT2D eigenvalue weighted by molar-refractivity contribution is 5.71. The first-order chi connectivity index (χ1) is 33.0. The number of hydrogen-bond donors (Lipinski definition) is 0. The van der Waals surface area contributed by atoms with Crippen LogP contribution in [-0.2, 0) is 28.6 Å². The number of unbranched alkanes of at least 4 members (excludes halogenated alkanes) is 40. The van der Waals surface area contributed by atoms with Crippen LogP contribution in [0, 0.1) is 0 Å². The Bertz CT molecular complexity index is 1080. The van der Waals surface area contributed by atoms with Crippen LogP contribution in [0.25, 0.3) is 0 Å². The number of rotatable bonds is 55. The Kier molecular flexibility index (Phi) is 54.7. The summed E-state index contributed by atoms with van der Waals surface area (Å²) >= 11 is 0. The number of hydrogen-bond acceptors (Lipinski definition) is 6. The van der Waals surface area contributed by atoms with Gasteiger partial charge >= 0.3 is 17.9 Å². The SMILES string of the molecule is CCCCCCCC/C=C\CCCCCCCCCCCC(=O)OC(COC(=O)CCCCCCCCC)COC(=O)CCCCCCCCCCCCC/C=C\CCCCCCCCCC. The monoisotopic (exact) mass is 943 g/mol. The summed E-state index contributed by atoms with van der Waals surface area (Å²) < 4.78 is 16.8. The molecule has 1 atom stereocenters. The summed E-state index contributed by atoms with van der Waals surface area (Å²) in [5, 5.41) is 0. The van der Waals surface area contributed by atoms with Gasteiger partial charge in [0, 0.05) is 19.3 Å². The van der Waals surface area contributed by atoms with Crippen LogP contribution in [0.1, 0.15) is 329 Å².